The van der Waals surface area contributed by atoms with Gasteiger partial charge >= 0.3 is 10.4 Å². The maximum atomic E-state index is 11.0. The van der Waals surface area contributed by atoms with E-state index in [1.807, 2.05) is 6.07 Å². The van der Waals surface area contributed by atoms with E-state index in [9.17, 15) is 8.42 Å². The molecule has 1 saturated carbocycles. The molecule has 4 bridgehead atoms. The monoisotopic (exact) mass is 376 g/mol. The van der Waals surface area contributed by atoms with Crippen LogP contribution in [-0.4, -0.2) is 42.0 Å². The molecule has 4 heterocycles. The van der Waals surface area contributed by atoms with Gasteiger partial charge in [0.2, 0.25) is 0 Å². The maximum absolute atomic E-state index is 11.0. The van der Waals surface area contributed by atoms with Crippen LogP contribution in [0.25, 0.3) is 10.9 Å². The summed E-state index contributed by atoms with van der Waals surface area (Å²) in [7, 11) is -4.51. The third-order valence-corrected chi connectivity index (χ3v) is 7.09. The van der Waals surface area contributed by atoms with E-state index < -0.39 is 10.4 Å². The molecule has 5 atom stereocenters. The molecular formula is C19H24N2O4S. The summed E-state index contributed by atoms with van der Waals surface area (Å²) in [6, 6.07) is 5.78. The SMILES string of the molecule is CC[C@H]1C[C@@H]2C[C@H]3c4[nH]c5ccc(OS(=O)(=O)O)cc5c4CCN(C2)[C@@H]13. The van der Waals surface area contributed by atoms with Crippen molar-refractivity contribution < 1.29 is 17.2 Å². The minimum atomic E-state index is -4.51. The third kappa shape index (κ3) is 2.56. The summed E-state index contributed by atoms with van der Waals surface area (Å²) < 4.78 is 35.7. The summed E-state index contributed by atoms with van der Waals surface area (Å²) in [5, 5.41) is 1.01. The first-order valence-electron chi connectivity index (χ1n) is 9.48. The number of fused-ring (bicyclic) bond motifs is 4. The highest BCUT2D eigenvalue weighted by atomic mass is 32.3. The number of hydrogen-bond acceptors (Lipinski definition) is 4. The van der Waals surface area contributed by atoms with Crippen LogP contribution in [0.3, 0.4) is 0 Å². The lowest BCUT2D eigenvalue weighted by Crippen LogP contribution is -2.56. The first-order chi connectivity index (χ1) is 12.4. The number of nitrogens with one attached hydrogen (secondary N) is 1. The number of benzene rings is 1. The maximum Gasteiger partial charge on any atom is 0.446 e. The Bertz CT molecular complexity index is 967. The van der Waals surface area contributed by atoms with Crippen LogP contribution in [0.4, 0.5) is 0 Å². The lowest BCUT2D eigenvalue weighted by Gasteiger charge is -2.53. The van der Waals surface area contributed by atoms with E-state index in [4.69, 9.17) is 4.55 Å². The zero-order valence-electron chi connectivity index (χ0n) is 14.8. The lowest BCUT2D eigenvalue weighted by atomic mass is 9.65. The van der Waals surface area contributed by atoms with Crippen molar-refractivity contribution in [2.75, 3.05) is 13.1 Å². The third-order valence-electron chi connectivity index (χ3n) is 6.69. The molecule has 2 saturated heterocycles. The Hall–Kier alpha value is -1.57. The highest BCUT2D eigenvalue weighted by Gasteiger charge is 2.48. The van der Waals surface area contributed by atoms with E-state index in [0.717, 1.165) is 35.7 Å². The van der Waals surface area contributed by atoms with E-state index >= 15 is 0 Å². The second kappa shape index (κ2) is 5.71. The van der Waals surface area contributed by atoms with Gasteiger partial charge < -0.3 is 9.17 Å². The molecule has 6 nitrogen and oxygen atoms in total. The first-order valence-corrected chi connectivity index (χ1v) is 10.8. The number of hydrogen-bond donors (Lipinski definition) is 2. The largest absolute Gasteiger partial charge is 0.446 e. The first kappa shape index (κ1) is 16.6. The molecule has 3 aliphatic heterocycles. The molecule has 1 aromatic carbocycles. The smallest absolute Gasteiger partial charge is 0.362 e. The Morgan fingerprint density at radius 2 is 2.19 bits per heavy atom. The summed E-state index contributed by atoms with van der Waals surface area (Å²) in [5.41, 5.74) is 3.63. The highest BCUT2D eigenvalue weighted by Crippen LogP contribution is 2.51. The summed E-state index contributed by atoms with van der Waals surface area (Å²) in [5.74, 6) is 2.24. The van der Waals surface area contributed by atoms with Gasteiger partial charge in [0, 0.05) is 41.6 Å². The summed E-state index contributed by atoms with van der Waals surface area (Å²) in [6.07, 6.45) is 4.79. The molecule has 0 spiro atoms. The second-order valence-electron chi connectivity index (χ2n) is 8.08. The van der Waals surface area contributed by atoms with E-state index in [1.54, 1.807) is 12.1 Å². The van der Waals surface area contributed by atoms with Crippen LogP contribution >= 0.6 is 0 Å². The molecule has 1 aliphatic carbocycles. The number of nitrogens with zero attached hydrogens (tertiary/aromatic N) is 1. The van der Waals surface area contributed by atoms with Crippen LogP contribution < -0.4 is 4.18 Å². The fourth-order valence-corrected chi connectivity index (χ4v) is 6.19. The van der Waals surface area contributed by atoms with Crippen molar-refractivity contribution in [3.63, 3.8) is 0 Å². The molecule has 0 radical (unpaired) electrons. The van der Waals surface area contributed by atoms with Crippen LogP contribution in [-0.2, 0) is 16.8 Å². The minimum absolute atomic E-state index is 0.155. The molecule has 1 aromatic heterocycles. The average molecular weight is 376 g/mol. The van der Waals surface area contributed by atoms with Crippen molar-refractivity contribution in [1.29, 1.82) is 0 Å². The van der Waals surface area contributed by atoms with Gasteiger partial charge in [-0.3, -0.25) is 9.45 Å². The molecule has 140 valence electrons. The van der Waals surface area contributed by atoms with Gasteiger partial charge in [0.05, 0.1) is 0 Å². The fraction of sp³-hybridized carbons (Fsp3) is 0.579. The molecule has 26 heavy (non-hydrogen) atoms. The Balaban J connectivity index is 1.61. The zero-order chi connectivity index (χ0) is 18.1. The zero-order valence-corrected chi connectivity index (χ0v) is 15.6. The van der Waals surface area contributed by atoms with Gasteiger partial charge in [-0.1, -0.05) is 13.3 Å². The number of aromatic amines is 1. The molecular weight excluding hydrogens is 352 g/mol. The predicted molar refractivity (Wildman–Crippen MR) is 98.8 cm³/mol. The fourth-order valence-electron chi connectivity index (χ4n) is 5.85. The van der Waals surface area contributed by atoms with Crippen LogP contribution in [0.15, 0.2) is 18.2 Å². The second-order valence-corrected chi connectivity index (χ2v) is 9.11. The van der Waals surface area contributed by atoms with Crippen molar-refractivity contribution >= 4 is 21.3 Å². The van der Waals surface area contributed by atoms with Crippen molar-refractivity contribution in [2.24, 2.45) is 11.8 Å². The quantitative estimate of drug-likeness (QED) is 0.805. The molecule has 2 N–H and O–H groups in total. The molecule has 0 amide bonds. The Morgan fingerprint density at radius 1 is 1.35 bits per heavy atom. The van der Waals surface area contributed by atoms with E-state index in [0.29, 0.717) is 12.0 Å². The molecule has 6 rings (SSSR count). The van der Waals surface area contributed by atoms with Gasteiger partial charge in [0.15, 0.2) is 0 Å². The number of piperidine rings is 2. The predicted octanol–water partition coefficient (Wildman–Crippen LogP) is 3.11. The van der Waals surface area contributed by atoms with E-state index in [-0.39, 0.29) is 5.75 Å². The molecule has 1 unspecified atom stereocenters. The Labute approximate surface area is 153 Å². The van der Waals surface area contributed by atoms with Crippen molar-refractivity contribution in [3.05, 3.63) is 29.5 Å². The van der Waals surface area contributed by atoms with Gasteiger partial charge in [0.25, 0.3) is 0 Å². The summed E-state index contributed by atoms with van der Waals surface area (Å²) in [6.45, 7) is 4.58. The number of rotatable bonds is 3. The number of aromatic nitrogens is 1. The average Bonchev–Trinajstić information content (AvgIpc) is 2.91. The topological polar surface area (TPSA) is 82.6 Å². The van der Waals surface area contributed by atoms with E-state index in [1.165, 1.54) is 37.1 Å². The highest BCUT2D eigenvalue weighted by molar-refractivity contribution is 7.81. The lowest BCUT2D eigenvalue weighted by molar-refractivity contribution is -0.0134. The van der Waals surface area contributed by atoms with Gasteiger partial charge in [-0.25, -0.2) is 0 Å². The number of H-pyrrole nitrogens is 1. The van der Waals surface area contributed by atoms with Crippen LogP contribution in [0.2, 0.25) is 0 Å². The van der Waals surface area contributed by atoms with Crippen LogP contribution in [0.5, 0.6) is 5.75 Å². The molecule has 7 heteroatoms. The van der Waals surface area contributed by atoms with E-state index in [2.05, 4.69) is 21.0 Å². The minimum Gasteiger partial charge on any atom is -0.362 e. The van der Waals surface area contributed by atoms with Gasteiger partial charge in [-0.05, 0) is 54.9 Å². The van der Waals surface area contributed by atoms with Gasteiger partial charge in [-0.2, -0.15) is 8.42 Å². The molecule has 3 fully saturated rings. The summed E-state index contributed by atoms with van der Waals surface area (Å²) in [4.78, 5) is 6.33. The Morgan fingerprint density at radius 3 is 2.96 bits per heavy atom. The van der Waals surface area contributed by atoms with Crippen molar-refractivity contribution in [1.82, 2.24) is 9.88 Å². The Kier molecular flexibility index (Phi) is 3.64. The summed E-state index contributed by atoms with van der Waals surface area (Å²) >= 11 is 0. The van der Waals surface area contributed by atoms with Crippen molar-refractivity contribution in [2.45, 2.75) is 44.6 Å². The van der Waals surface area contributed by atoms with Gasteiger partial charge in [0.1, 0.15) is 5.75 Å². The standard InChI is InChI=1S/C19H24N2O4S/c1-2-12-7-11-8-16-18-14(5-6-21(10-11)19(12)16)15-9-13(25-26(22,23)24)3-4-17(15)20-18/h3-4,9,11-12,16,19-20H,2,5-8,10H2,1H3,(H,22,23,24)/t11-,12+,16+,19+/m1/s1. The van der Waals surface area contributed by atoms with Crippen LogP contribution in [0, 0.1) is 11.8 Å². The molecule has 2 aromatic rings. The normalized spacial score (nSPS) is 33.1. The van der Waals surface area contributed by atoms with Crippen molar-refractivity contribution in [3.8, 4) is 5.75 Å². The van der Waals surface area contributed by atoms with Crippen LogP contribution in [0.1, 0.15) is 43.4 Å². The molecule has 4 aliphatic rings. The van der Waals surface area contributed by atoms with Gasteiger partial charge in [-0.15, -0.1) is 0 Å².